The minimum atomic E-state index is -0.341. The van der Waals surface area contributed by atoms with Gasteiger partial charge in [0.05, 0.1) is 6.54 Å². The molecule has 2 N–H and O–H groups in total. The molecule has 3 aromatic rings. The molecule has 0 aliphatic carbocycles. The number of rotatable bonds is 5. The van der Waals surface area contributed by atoms with Gasteiger partial charge in [-0.15, -0.1) is 0 Å². The molecule has 0 atom stereocenters. The van der Waals surface area contributed by atoms with Crippen LogP contribution in [-0.2, 0) is 6.54 Å². The largest absolute Gasteiger partial charge is 0.356 e. The Hall–Kier alpha value is -3.22. The Labute approximate surface area is 132 Å². The van der Waals surface area contributed by atoms with E-state index in [2.05, 4.69) is 20.4 Å². The van der Waals surface area contributed by atoms with Crippen molar-refractivity contribution in [1.82, 2.24) is 19.7 Å². The number of amides is 1. The van der Waals surface area contributed by atoms with Gasteiger partial charge in [0, 0.05) is 36.4 Å². The summed E-state index contributed by atoms with van der Waals surface area (Å²) in [6.07, 6.45) is 6.74. The van der Waals surface area contributed by atoms with Crippen molar-refractivity contribution in [2.24, 2.45) is 0 Å². The van der Waals surface area contributed by atoms with Crippen LogP contribution in [0.1, 0.15) is 33.3 Å². The zero-order chi connectivity index (χ0) is 16.2. The summed E-state index contributed by atoms with van der Waals surface area (Å²) in [4.78, 5) is 30.1. The maximum absolute atomic E-state index is 12.1. The van der Waals surface area contributed by atoms with Crippen LogP contribution in [0.3, 0.4) is 0 Å². The molecule has 1 amide bonds. The number of aromatic amines is 1. The second-order valence-electron chi connectivity index (χ2n) is 5.07. The van der Waals surface area contributed by atoms with Crippen molar-refractivity contribution in [2.45, 2.75) is 13.5 Å². The summed E-state index contributed by atoms with van der Waals surface area (Å²) in [6, 6.07) is 7.05. The van der Waals surface area contributed by atoms with Gasteiger partial charge >= 0.3 is 0 Å². The highest BCUT2D eigenvalue weighted by atomic mass is 16.2. The molecule has 23 heavy (non-hydrogen) atoms. The van der Waals surface area contributed by atoms with Crippen molar-refractivity contribution in [1.29, 1.82) is 0 Å². The third kappa shape index (κ3) is 3.52. The average Bonchev–Trinajstić information content (AvgIpc) is 3.18. The minimum Gasteiger partial charge on any atom is -0.356 e. The van der Waals surface area contributed by atoms with Crippen molar-refractivity contribution in [3.05, 3.63) is 65.9 Å². The molecular weight excluding hydrogens is 294 g/mol. The minimum absolute atomic E-state index is 0.0954. The second-order valence-corrected chi connectivity index (χ2v) is 5.07. The van der Waals surface area contributed by atoms with E-state index in [4.69, 9.17) is 0 Å². The van der Waals surface area contributed by atoms with Gasteiger partial charge in [0.2, 0.25) is 0 Å². The van der Waals surface area contributed by atoms with E-state index in [1.54, 1.807) is 29.3 Å². The number of H-pyrrole nitrogens is 1. The van der Waals surface area contributed by atoms with Gasteiger partial charge in [-0.05, 0) is 30.7 Å². The van der Waals surface area contributed by atoms with Crippen LogP contribution in [0.4, 0.5) is 5.82 Å². The summed E-state index contributed by atoms with van der Waals surface area (Å²) >= 11 is 0. The lowest BCUT2D eigenvalue weighted by Crippen LogP contribution is -2.13. The third-order valence-electron chi connectivity index (χ3n) is 3.31. The highest BCUT2D eigenvalue weighted by Crippen LogP contribution is 2.09. The Kier molecular flexibility index (Phi) is 4.01. The first kappa shape index (κ1) is 14.7. The molecule has 0 unspecified atom stereocenters. The van der Waals surface area contributed by atoms with Crippen LogP contribution in [0, 0.1) is 0 Å². The summed E-state index contributed by atoms with van der Waals surface area (Å²) in [7, 11) is 0. The van der Waals surface area contributed by atoms with Gasteiger partial charge in [0.25, 0.3) is 5.91 Å². The van der Waals surface area contributed by atoms with Crippen molar-refractivity contribution >= 4 is 17.5 Å². The molecule has 3 aromatic heterocycles. The van der Waals surface area contributed by atoms with Crippen LogP contribution in [-0.4, -0.2) is 31.4 Å². The highest BCUT2D eigenvalue weighted by Gasteiger charge is 2.12. The van der Waals surface area contributed by atoms with Gasteiger partial charge in [-0.1, -0.05) is 0 Å². The molecule has 0 saturated carbocycles. The molecule has 0 aliphatic rings. The fourth-order valence-electron chi connectivity index (χ4n) is 2.10. The van der Waals surface area contributed by atoms with Crippen LogP contribution in [0.25, 0.3) is 0 Å². The molecule has 116 valence electrons. The van der Waals surface area contributed by atoms with E-state index in [1.807, 2.05) is 12.1 Å². The first-order valence-corrected chi connectivity index (χ1v) is 7.05. The second kappa shape index (κ2) is 6.27. The van der Waals surface area contributed by atoms with E-state index >= 15 is 0 Å². The number of hydrogen-bond acceptors (Lipinski definition) is 4. The molecule has 0 spiro atoms. The standard InChI is InChI=1S/C16H15N5O2/c1-11(22)13-8-14(18-9-13)16(23)19-15-4-7-21(20-15)10-12-2-5-17-6-3-12/h2-9,18H,10H2,1H3,(H,19,20,23). The van der Waals surface area contributed by atoms with Crippen molar-refractivity contribution in [3.63, 3.8) is 0 Å². The van der Waals surface area contributed by atoms with Gasteiger partial charge in [0.15, 0.2) is 11.6 Å². The summed E-state index contributed by atoms with van der Waals surface area (Å²) in [5.74, 6) is 0.0108. The molecule has 0 radical (unpaired) electrons. The molecule has 0 saturated heterocycles. The Morgan fingerprint density at radius 1 is 1.26 bits per heavy atom. The quantitative estimate of drug-likeness (QED) is 0.706. The summed E-state index contributed by atoms with van der Waals surface area (Å²) in [6.45, 7) is 2.04. The van der Waals surface area contributed by atoms with E-state index in [-0.39, 0.29) is 11.7 Å². The SMILES string of the molecule is CC(=O)c1c[nH]c(C(=O)Nc2ccn(Cc3ccncc3)n2)c1. The van der Waals surface area contributed by atoms with Crippen LogP contribution in [0.5, 0.6) is 0 Å². The number of pyridine rings is 1. The van der Waals surface area contributed by atoms with Crippen molar-refractivity contribution in [2.75, 3.05) is 5.32 Å². The monoisotopic (exact) mass is 309 g/mol. The summed E-state index contributed by atoms with van der Waals surface area (Å²) < 4.78 is 1.72. The number of carbonyl (C=O) groups excluding carboxylic acids is 2. The molecule has 3 heterocycles. The first-order chi connectivity index (χ1) is 11.1. The molecule has 0 fully saturated rings. The topological polar surface area (TPSA) is 92.7 Å². The smallest absolute Gasteiger partial charge is 0.273 e. The third-order valence-corrected chi connectivity index (χ3v) is 3.31. The Morgan fingerprint density at radius 3 is 2.74 bits per heavy atom. The average molecular weight is 309 g/mol. The molecule has 7 heteroatoms. The van der Waals surface area contributed by atoms with Gasteiger partial charge in [-0.2, -0.15) is 5.10 Å². The predicted octanol–water partition coefficient (Wildman–Crippen LogP) is 2.11. The lowest BCUT2D eigenvalue weighted by Gasteiger charge is -2.02. The van der Waals surface area contributed by atoms with E-state index in [1.165, 1.54) is 19.2 Å². The van der Waals surface area contributed by atoms with Crippen LogP contribution < -0.4 is 5.32 Å². The number of Topliss-reactive ketones (excluding diaryl/α,β-unsaturated/α-hetero) is 1. The number of ketones is 1. The number of nitrogens with zero attached hydrogens (tertiary/aromatic N) is 3. The number of hydrogen-bond donors (Lipinski definition) is 2. The van der Waals surface area contributed by atoms with Gasteiger partial charge in [-0.3, -0.25) is 19.3 Å². The lowest BCUT2D eigenvalue weighted by molar-refractivity contribution is 0.101. The van der Waals surface area contributed by atoms with Crippen molar-refractivity contribution < 1.29 is 9.59 Å². The number of aromatic nitrogens is 4. The van der Waals surface area contributed by atoms with Crippen LogP contribution in [0.2, 0.25) is 0 Å². The lowest BCUT2D eigenvalue weighted by atomic mass is 10.2. The van der Waals surface area contributed by atoms with Crippen LogP contribution in [0.15, 0.2) is 49.1 Å². The normalized spacial score (nSPS) is 10.5. The molecule has 0 aliphatic heterocycles. The molecule has 3 rings (SSSR count). The van der Waals surface area contributed by atoms with Crippen LogP contribution >= 0.6 is 0 Å². The van der Waals surface area contributed by atoms with E-state index in [0.29, 0.717) is 23.6 Å². The van der Waals surface area contributed by atoms with Gasteiger partial charge in [0.1, 0.15) is 5.69 Å². The maximum Gasteiger partial charge on any atom is 0.273 e. The fraction of sp³-hybridized carbons (Fsp3) is 0.125. The zero-order valence-electron chi connectivity index (χ0n) is 12.5. The number of nitrogens with one attached hydrogen (secondary N) is 2. The number of carbonyl (C=O) groups is 2. The Balaban J connectivity index is 1.66. The number of anilines is 1. The Morgan fingerprint density at radius 2 is 2.04 bits per heavy atom. The molecule has 0 bridgehead atoms. The first-order valence-electron chi connectivity index (χ1n) is 7.05. The predicted molar refractivity (Wildman–Crippen MR) is 84.3 cm³/mol. The molecule has 7 nitrogen and oxygen atoms in total. The summed E-state index contributed by atoms with van der Waals surface area (Å²) in [5, 5.41) is 6.99. The van der Waals surface area contributed by atoms with E-state index in [9.17, 15) is 9.59 Å². The molecular formula is C16H15N5O2. The van der Waals surface area contributed by atoms with E-state index in [0.717, 1.165) is 5.56 Å². The van der Waals surface area contributed by atoms with E-state index < -0.39 is 0 Å². The van der Waals surface area contributed by atoms with Gasteiger partial charge in [-0.25, -0.2) is 0 Å². The fourth-order valence-corrected chi connectivity index (χ4v) is 2.10. The van der Waals surface area contributed by atoms with Crippen molar-refractivity contribution in [3.8, 4) is 0 Å². The maximum atomic E-state index is 12.1. The summed E-state index contributed by atoms with van der Waals surface area (Å²) in [5.41, 5.74) is 1.86. The highest BCUT2D eigenvalue weighted by molar-refractivity contribution is 6.04. The zero-order valence-corrected chi connectivity index (χ0v) is 12.5. The molecule has 0 aromatic carbocycles. The van der Waals surface area contributed by atoms with Gasteiger partial charge < -0.3 is 10.3 Å². The Bertz CT molecular complexity index is 835.